The highest BCUT2D eigenvalue weighted by molar-refractivity contribution is 6.06. The number of unbranched alkanes of at least 4 members (excludes halogenated alkanes) is 2. The predicted octanol–water partition coefficient (Wildman–Crippen LogP) is 1.42. The topological polar surface area (TPSA) is 54.4 Å². The van der Waals surface area contributed by atoms with E-state index in [1.165, 1.54) is 0 Å². The fraction of sp³-hybridized carbons (Fsp3) is 0.625. The van der Waals surface area contributed by atoms with Crippen molar-refractivity contribution in [2.24, 2.45) is 0 Å². The summed E-state index contributed by atoms with van der Waals surface area (Å²) in [6.07, 6.45) is 3.91. The van der Waals surface area contributed by atoms with Gasteiger partial charge in [-0.3, -0.25) is 9.59 Å². The molecule has 0 aromatic carbocycles. The summed E-state index contributed by atoms with van der Waals surface area (Å²) in [5.41, 5.74) is 0. The predicted molar refractivity (Wildman–Crippen MR) is 41.1 cm³/mol. The second-order valence-corrected chi connectivity index (χ2v) is 2.41. The van der Waals surface area contributed by atoms with E-state index < -0.39 is 5.97 Å². The second kappa shape index (κ2) is 5.89. The van der Waals surface area contributed by atoms with Gasteiger partial charge in [0.2, 0.25) is 0 Å². The van der Waals surface area contributed by atoms with E-state index in [2.05, 4.69) is 0 Å². The van der Waals surface area contributed by atoms with Gasteiger partial charge in [0, 0.05) is 6.42 Å². The molecule has 0 aliphatic heterocycles. The SMILES string of the molecule is CCCCCC(=O)[CH]C(=O)O. The van der Waals surface area contributed by atoms with Gasteiger partial charge in [-0.1, -0.05) is 19.8 Å². The average molecular weight is 157 g/mol. The average Bonchev–Trinajstić information content (AvgIpc) is 1.86. The first kappa shape index (κ1) is 10.1. The van der Waals surface area contributed by atoms with E-state index in [9.17, 15) is 9.59 Å². The smallest absolute Gasteiger partial charge is 0.315 e. The van der Waals surface area contributed by atoms with Crippen LogP contribution < -0.4 is 0 Å². The summed E-state index contributed by atoms with van der Waals surface area (Å²) >= 11 is 0. The number of hydrogen-bond donors (Lipinski definition) is 1. The Kier molecular flexibility index (Phi) is 5.43. The summed E-state index contributed by atoms with van der Waals surface area (Å²) in [7, 11) is 0. The highest BCUT2D eigenvalue weighted by Crippen LogP contribution is 2.00. The van der Waals surface area contributed by atoms with Crippen molar-refractivity contribution in [1.29, 1.82) is 0 Å². The number of hydrogen-bond acceptors (Lipinski definition) is 2. The molecule has 11 heavy (non-hydrogen) atoms. The maximum Gasteiger partial charge on any atom is 0.315 e. The number of aliphatic carboxylic acids is 1. The van der Waals surface area contributed by atoms with Crippen molar-refractivity contribution in [3.63, 3.8) is 0 Å². The summed E-state index contributed by atoms with van der Waals surface area (Å²) < 4.78 is 0. The first-order valence-electron chi connectivity index (χ1n) is 3.77. The number of carboxylic acids is 1. The molecule has 0 aliphatic rings. The van der Waals surface area contributed by atoms with E-state index in [4.69, 9.17) is 5.11 Å². The van der Waals surface area contributed by atoms with E-state index in [0.717, 1.165) is 25.7 Å². The Hall–Kier alpha value is -0.860. The molecule has 63 valence electrons. The van der Waals surface area contributed by atoms with Crippen LogP contribution in [0.25, 0.3) is 0 Å². The molecule has 3 nitrogen and oxygen atoms in total. The summed E-state index contributed by atoms with van der Waals surface area (Å²) in [6, 6.07) is 0. The standard InChI is InChI=1S/C8H13O3/c1-2-3-4-5-7(9)6-8(10)11/h6H,2-5H2,1H3,(H,10,11). The lowest BCUT2D eigenvalue weighted by atomic mass is 10.1. The summed E-state index contributed by atoms with van der Waals surface area (Å²) in [6.45, 7) is 2.03. The lowest BCUT2D eigenvalue weighted by Gasteiger charge is -1.94. The quantitative estimate of drug-likeness (QED) is 0.468. The van der Waals surface area contributed by atoms with Crippen LogP contribution in [0.2, 0.25) is 0 Å². The molecule has 0 bridgehead atoms. The van der Waals surface area contributed by atoms with Crippen LogP contribution in [0.15, 0.2) is 0 Å². The number of rotatable bonds is 6. The van der Waals surface area contributed by atoms with Gasteiger partial charge in [-0.15, -0.1) is 0 Å². The molecule has 0 aliphatic carbocycles. The van der Waals surface area contributed by atoms with Crippen LogP contribution in [0.4, 0.5) is 0 Å². The minimum atomic E-state index is -1.15. The molecule has 0 fully saturated rings. The Balaban J connectivity index is 3.30. The van der Waals surface area contributed by atoms with Crippen molar-refractivity contribution >= 4 is 11.8 Å². The third-order valence-corrected chi connectivity index (χ3v) is 1.31. The molecule has 1 N–H and O–H groups in total. The number of carboxylic acid groups (broad SMARTS) is 1. The molecule has 0 heterocycles. The number of carbonyl (C=O) groups is 2. The molecule has 0 amide bonds. The highest BCUT2D eigenvalue weighted by Gasteiger charge is 2.06. The van der Waals surface area contributed by atoms with E-state index >= 15 is 0 Å². The summed E-state index contributed by atoms with van der Waals surface area (Å²) in [5.74, 6) is -1.43. The van der Waals surface area contributed by atoms with Gasteiger partial charge in [0.05, 0.1) is 0 Å². The largest absolute Gasteiger partial charge is 0.481 e. The van der Waals surface area contributed by atoms with Crippen LogP contribution in [-0.2, 0) is 9.59 Å². The van der Waals surface area contributed by atoms with Gasteiger partial charge in [0.25, 0.3) is 0 Å². The molecule has 0 unspecified atom stereocenters. The molecule has 0 rings (SSSR count). The molecular weight excluding hydrogens is 144 g/mol. The first-order chi connectivity index (χ1) is 5.16. The Labute approximate surface area is 66.4 Å². The van der Waals surface area contributed by atoms with Gasteiger partial charge >= 0.3 is 5.97 Å². The van der Waals surface area contributed by atoms with E-state index in [0.29, 0.717) is 6.42 Å². The molecule has 0 saturated carbocycles. The lowest BCUT2D eigenvalue weighted by molar-refractivity contribution is -0.135. The van der Waals surface area contributed by atoms with Crippen molar-refractivity contribution in [1.82, 2.24) is 0 Å². The molecule has 0 aromatic rings. The van der Waals surface area contributed by atoms with Crippen LogP contribution in [0.1, 0.15) is 32.6 Å². The normalized spacial score (nSPS) is 9.55. The zero-order valence-corrected chi connectivity index (χ0v) is 6.67. The highest BCUT2D eigenvalue weighted by atomic mass is 16.4. The Morgan fingerprint density at radius 3 is 2.45 bits per heavy atom. The van der Waals surface area contributed by atoms with Crippen LogP contribution in [-0.4, -0.2) is 16.9 Å². The third kappa shape index (κ3) is 7.03. The fourth-order valence-electron chi connectivity index (χ4n) is 0.759. The van der Waals surface area contributed by atoms with Gasteiger partial charge in [-0.25, -0.2) is 0 Å². The molecule has 3 heteroatoms. The summed E-state index contributed by atoms with van der Waals surface area (Å²) in [4.78, 5) is 20.7. The molecule has 0 atom stereocenters. The first-order valence-corrected chi connectivity index (χ1v) is 3.77. The third-order valence-electron chi connectivity index (χ3n) is 1.31. The monoisotopic (exact) mass is 157 g/mol. The Bertz CT molecular complexity index is 140. The molecule has 0 spiro atoms. The zero-order valence-electron chi connectivity index (χ0n) is 6.67. The number of ketones is 1. The minimum absolute atomic E-state index is 0.286. The molecular formula is C8H13O3. The number of Topliss-reactive ketones (excluding diaryl/α,β-unsaturated/α-hetero) is 1. The van der Waals surface area contributed by atoms with E-state index in [-0.39, 0.29) is 5.78 Å². The van der Waals surface area contributed by atoms with Gasteiger partial charge in [0.1, 0.15) is 12.2 Å². The van der Waals surface area contributed by atoms with E-state index in [1.54, 1.807) is 0 Å². The zero-order chi connectivity index (χ0) is 8.69. The Morgan fingerprint density at radius 2 is 2.00 bits per heavy atom. The lowest BCUT2D eigenvalue weighted by Crippen LogP contribution is -2.07. The van der Waals surface area contributed by atoms with Crippen molar-refractivity contribution in [3.8, 4) is 0 Å². The minimum Gasteiger partial charge on any atom is -0.481 e. The van der Waals surface area contributed by atoms with Gasteiger partial charge in [-0.05, 0) is 6.42 Å². The van der Waals surface area contributed by atoms with Gasteiger partial charge in [0.15, 0.2) is 0 Å². The van der Waals surface area contributed by atoms with Crippen LogP contribution in [0.3, 0.4) is 0 Å². The summed E-state index contributed by atoms with van der Waals surface area (Å²) in [5, 5.41) is 8.16. The van der Waals surface area contributed by atoms with Crippen molar-refractivity contribution in [3.05, 3.63) is 6.42 Å². The molecule has 1 radical (unpaired) electrons. The van der Waals surface area contributed by atoms with Crippen molar-refractivity contribution in [2.45, 2.75) is 32.6 Å². The van der Waals surface area contributed by atoms with Crippen molar-refractivity contribution < 1.29 is 14.7 Å². The van der Waals surface area contributed by atoms with Gasteiger partial charge in [-0.2, -0.15) is 0 Å². The molecule has 0 aromatic heterocycles. The second-order valence-electron chi connectivity index (χ2n) is 2.41. The van der Waals surface area contributed by atoms with Crippen LogP contribution >= 0.6 is 0 Å². The van der Waals surface area contributed by atoms with E-state index in [1.807, 2.05) is 6.92 Å². The fourth-order valence-corrected chi connectivity index (χ4v) is 0.759. The maximum atomic E-state index is 10.7. The Morgan fingerprint density at radius 1 is 1.36 bits per heavy atom. The molecule has 0 saturated heterocycles. The maximum absolute atomic E-state index is 10.7. The van der Waals surface area contributed by atoms with Gasteiger partial charge < -0.3 is 5.11 Å². The van der Waals surface area contributed by atoms with Crippen LogP contribution in [0.5, 0.6) is 0 Å². The van der Waals surface area contributed by atoms with Crippen LogP contribution in [0, 0.1) is 6.42 Å². The number of carbonyl (C=O) groups excluding carboxylic acids is 1. The van der Waals surface area contributed by atoms with Crippen molar-refractivity contribution in [2.75, 3.05) is 0 Å².